The molecule has 2 atom stereocenters. The second-order valence-corrected chi connectivity index (χ2v) is 12.1. The highest BCUT2D eigenvalue weighted by Gasteiger charge is 2.40. The molecular formula is C29H33F5N6O3. The number of nitrogens with one attached hydrogen (secondary N) is 2. The first-order chi connectivity index (χ1) is 20.5. The van der Waals surface area contributed by atoms with Crippen LogP contribution in [0, 0.1) is 11.8 Å². The minimum Gasteiger partial charge on any atom is -0.364 e. The summed E-state index contributed by atoms with van der Waals surface area (Å²) in [5.41, 5.74) is 2.39. The highest BCUT2D eigenvalue weighted by molar-refractivity contribution is 5.95. The second kappa shape index (κ2) is 11.5. The third-order valence-corrected chi connectivity index (χ3v) is 8.94. The Morgan fingerprint density at radius 3 is 2.42 bits per heavy atom. The van der Waals surface area contributed by atoms with Gasteiger partial charge in [-0.1, -0.05) is 11.6 Å². The molecule has 9 nitrogen and oxygen atoms in total. The van der Waals surface area contributed by atoms with E-state index in [2.05, 4.69) is 20.9 Å². The van der Waals surface area contributed by atoms with Gasteiger partial charge in [0.05, 0.1) is 42.3 Å². The number of aromatic nitrogens is 4. The molecule has 0 saturated heterocycles. The van der Waals surface area contributed by atoms with Gasteiger partial charge >= 0.3 is 6.18 Å². The molecule has 3 heterocycles. The number of rotatable bonds is 10. The minimum atomic E-state index is -4.42. The number of halogens is 5. The molecule has 2 amide bonds. The van der Waals surface area contributed by atoms with Gasteiger partial charge in [0.15, 0.2) is 5.65 Å². The van der Waals surface area contributed by atoms with Gasteiger partial charge in [-0.3, -0.25) is 9.59 Å². The molecule has 43 heavy (non-hydrogen) atoms. The van der Waals surface area contributed by atoms with Crippen LogP contribution in [-0.2, 0) is 4.79 Å². The van der Waals surface area contributed by atoms with Crippen LogP contribution >= 0.6 is 0 Å². The highest BCUT2D eigenvalue weighted by Crippen LogP contribution is 2.43. The van der Waals surface area contributed by atoms with Crippen molar-refractivity contribution in [1.82, 2.24) is 30.4 Å². The van der Waals surface area contributed by atoms with Crippen LogP contribution in [-0.4, -0.2) is 43.7 Å². The van der Waals surface area contributed by atoms with Crippen LogP contribution in [0.2, 0.25) is 0 Å². The van der Waals surface area contributed by atoms with Crippen LogP contribution in [0.15, 0.2) is 29.2 Å². The number of hydrogen-bond donors (Lipinski definition) is 2. The standard InChI is InChI=1S/C29H33F5N6O3/c30-28(31)9-6-18(7-10-28)26(38-27(42)20-15-43-39-25(20)16-2-1-3-16)21-14-40-22(36-21)12-19(13-35-40)24(17-4-5-17)37-23(41)8-11-29(32,33)34/h12-18,24,26H,1-11H2,(H,37,41)(H,38,42)/t24?,26-/m0/s1. The second-order valence-electron chi connectivity index (χ2n) is 12.1. The highest BCUT2D eigenvalue weighted by atomic mass is 19.4. The molecule has 3 aliphatic rings. The fourth-order valence-corrected chi connectivity index (χ4v) is 6.07. The molecule has 3 aromatic rings. The van der Waals surface area contributed by atoms with Gasteiger partial charge in [0, 0.05) is 25.2 Å². The van der Waals surface area contributed by atoms with E-state index in [1.54, 1.807) is 18.5 Å². The normalized spacial score (nSPS) is 20.9. The average Bonchev–Trinajstić information content (AvgIpc) is 3.49. The van der Waals surface area contributed by atoms with Crippen molar-refractivity contribution in [2.45, 2.75) is 101 Å². The van der Waals surface area contributed by atoms with E-state index in [0.29, 0.717) is 28.2 Å². The minimum absolute atomic E-state index is 0.0814. The first kappa shape index (κ1) is 29.5. The summed E-state index contributed by atoms with van der Waals surface area (Å²) >= 11 is 0. The lowest BCUT2D eigenvalue weighted by atomic mass is 9.80. The Morgan fingerprint density at radius 1 is 1.05 bits per heavy atom. The summed E-state index contributed by atoms with van der Waals surface area (Å²) in [6, 6.07) is 0.527. The number of alkyl halides is 5. The largest absolute Gasteiger partial charge is 0.389 e. The molecule has 2 N–H and O–H groups in total. The molecule has 3 fully saturated rings. The van der Waals surface area contributed by atoms with Crippen LogP contribution in [0.3, 0.4) is 0 Å². The topological polar surface area (TPSA) is 114 Å². The van der Waals surface area contributed by atoms with E-state index in [1.165, 1.54) is 10.8 Å². The Balaban J connectivity index is 1.25. The fraction of sp³-hybridized carbons (Fsp3) is 0.621. The van der Waals surface area contributed by atoms with E-state index in [9.17, 15) is 31.5 Å². The van der Waals surface area contributed by atoms with Crippen LogP contribution < -0.4 is 10.6 Å². The molecule has 6 rings (SSSR count). The molecular weight excluding hydrogens is 575 g/mol. The Morgan fingerprint density at radius 2 is 1.77 bits per heavy atom. The van der Waals surface area contributed by atoms with Gasteiger partial charge in [-0.05, 0) is 62.0 Å². The Labute approximate surface area is 244 Å². The van der Waals surface area contributed by atoms with Crippen molar-refractivity contribution in [2.75, 3.05) is 0 Å². The number of imidazole rings is 1. The van der Waals surface area contributed by atoms with Crippen LogP contribution in [0.1, 0.15) is 116 Å². The summed E-state index contributed by atoms with van der Waals surface area (Å²) in [4.78, 5) is 30.5. The monoisotopic (exact) mass is 608 g/mol. The maximum absolute atomic E-state index is 14.0. The molecule has 14 heteroatoms. The number of fused-ring (bicyclic) bond motifs is 1. The number of nitrogens with zero attached hydrogens (tertiary/aromatic N) is 4. The molecule has 0 aliphatic heterocycles. The Kier molecular flexibility index (Phi) is 7.88. The van der Waals surface area contributed by atoms with E-state index in [0.717, 1.165) is 32.1 Å². The third kappa shape index (κ3) is 6.82. The van der Waals surface area contributed by atoms with Crippen LogP contribution in [0.5, 0.6) is 0 Å². The molecule has 3 aromatic heterocycles. The van der Waals surface area contributed by atoms with Crippen molar-refractivity contribution >= 4 is 17.5 Å². The number of carbonyl (C=O) groups is 2. The van der Waals surface area contributed by atoms with Gasteiger partial charge in [-0.25, -0.2) is 18.3 Å². The van der Waals surface area contributed by atoms with E-state index < -0.39 is 48.8 Å². The molecule has 1 unspecified atom stereocenters. The first-order valence-electron chi connectivity index (χ1n) is 14.8. The lowest BCUT2D eigenvalue weighted by molar-refractivity contribution is -0.144. The van der Waals surface area contributed by atoms with Gasteiger partial charge < -0.3 is 15.2 Å². The number of carbonyl (C=O) groups excluding carboxylic acids is 2. The number of amides is 2. The van der Waals surface area contributed by atoms with Crippen LogP contribution in [0.25, 0.3) is 5.65 Å². The van der Waals surface area contributed by atoms with Gasteiger partial charge in [0.1, 0.15) is 11.8 Å². The zero-order chi connectivity index (χ0) is 30.4. The molecule has 232 valence electrons. The summed E-state index contributed by atoms with van der Waals surface area (Å²) in [6.07, 6.45) is 2.53. The van der Waals surface area contributed by atoms with Gasteiger partial charge in [0.25, 0.3) is 5.91 Å². The molecule has 3 saturated carbocycles. The van der Waals surface area contributed by atoms with Gasteiger partial charge in [-0.15, -0.1) is 0 Å². The van der Waals surface area contributed by atoms with Crippen molar-refractivity contribution in [2.24, 2.45) is 11.8 Å². The average molecular weight is 609 g/mol. The lowest BCUT2D eigenvalue weighted by Gasteiger charge is -2.33. The van der Waals surface area contributed by atoms with Crippen molar-refractivity contribution in [3.8, 4) is 0 Å². The molecule has 0 spiro atoms. The molecule has 0 bridgehead atoms. The van der Waals surface area contributed by atoms with Crippen molar-refractivity contribution in [3.63, 3.8) is 0 Å². The van der Waals surface area contributed by atoms with E-state index in [1.807, 2.05) is 0 Å². The summed E-state index contributed by atoms with van der Waals surface area (Å²) < 4.78 is 72.6. The zero-order valence-corrected chi connectivity index (χ0v) is 23.4. The summed E-state index contributed by atoms with van der Waals surface area (Å²) in [7, 11) is 0. The quantitative estimate of drug-likeness (QED) is 0.265. The predicted octanol–water partition coefficient (Wildman–Crippen LogP) is 6.19. The SMILES string of the molecule is O=C(CCC(F)(F)F)NC(c1cnn2cc([C@@H](NC(=O)c3conc3C3CCC3)C3CCC(F)(F)CC3)nc2c1)C1CC1. The maximum atomic E-state index is 14.0. The van der Waals surface area contributed by atoms with Crippen molar-refractivity contribution in [3.05, 3.63) is 47.2 Å². The van der Waals surface area contributed by atoms with E-state index >= 15 is 0 Å². The summed E-state index contributed by atoms with van der Waals surface area (Å²) in [5.74, 6) is -3.92. The molecule has 3 aliphatic carbocycles. The van der Waals surface area contributed by atoms with Crippen LogP contribution in [0.4, 0.5) is 22.0 Å². The maximum Gasteiger partial charge on any atom is 0.389 e. The van der Waals surface area contributed by atoms with Crippen molar-refractivity contribution < 1.29 is 36.1 Å². The zero-order valence-electron chi connectivity index (χ0n) is 23.4. The number of hydrogen-bond acceptors (Lipinski definition) is 6. The summed E-state index contributed by atoms with van der Waals surface area (Å²) in [6.45, 7) is 0. The fourth-order valence-electron chi connectivity index (χ4n) is 6.07. The predicted molar refractivity (Wildman–Crippen MR) is 142 cm³/mol. The van der Waals surface area contributed by atoms with E-state index in [-0.39, 0.29) is 43.4 Å². The Bertz CT molecular complexity index is 1470. The smallest absolute Gasteiger partial charge is 0.364 e. The van der Waals surface area contributed by atoms with Gasteiger partial charge in [-0.2, -0.15) is 18.3 Å². The van der Waals surface area contributed by atoms with Gasteiger partial charge in [0.2, 0.25) is 11.8 Å². The lowest BCUT2D eigenvalue weighted by Crippen LogP contribution is -2.37. The third-order valence-electron chi connectivity index (χ3n) is 8.94. The summed E-state index contributed by atoms with van der Waals surface area (Å²) in [5, 5.41) is 14.2. The van der Waals surface area contributed by atoms with Crippen molar-refractivity contribution in [1.29, 1.82) is 0 Å². The Hall–Kier alpha value is -3.58. The van der Waals surface area contributed by atoms with E-state index in [4.69, 9.17) is 9.51 Å². The molecule has 0 aromatic carbocycles. The molecule has 0 radical (unpaired) electrons. The first-order valence-corrected chi connectivity index (χ1v) is 14.8.